The predicted octanol–water partition coefficient (Wildman–Crippen LogP) is 4.32. The highest BCUT2D eigenvalue weighted by atomic mass is 15.3. The first-order chi connectivity index (χ1) is 16.3. The van der Waals surface area contributed by atoms with Gasteiger partial charge in [-0.1, -0.05) is 67.1 Å². The van der Waals surface area contributed by atoms with Crippen LogP contribution in [0.5, 0.6) is 0 Å². The van der Waals surface area contributed by atoms with Crippen LogP contribution < -0.4 is 10.6 Å². The van der Waals surface area contributed by atoms with Crippen molar-refractivity contribution in [3.63, 3.8) is 0 Å². The summed E-state index contributed by atoms with van der Waals surface area (Å²) in [4.78, 5) is 4.88. The van der Waals surface area contributed by atoms with Gasteiger partial charge in [0.1, 0.15) is 11.6 Å². The largest absolute Gasteiger partial charge is 0.357 e. The zero-order valence-corrected chi connectivity index (χ0v) is 19.7. The summed E-state index contributed by atoms with van der Waals surface area (Å²) in [7, 11) is 0. The standard InChI is InChI=1S/C27H36N6/c1-2-28-27(30-20-18-26-32-31-25-16-10-5-11-21-33(25)26)29-19-17-24(22-12-6-3-7-13-22)23-14-8-4-9-15-23/h3-4,6-9,12-15,24H,2,5,10-11,16-21H2,1H3,(H2,28,29,30). The molecule has 2 aromatic carbocycles. The Kier molecular flexibility index (Phi) is 8.50. The summed E-state index contributed by atoms with van der Waals surface area (Å²) in [5.74, 6) is 3.44. The molecule has 2 N–H and O–H groups in total. The third-order valence-corrected chi connectivity index (χ3v) is 6.26. The molecule has 0 fully saturated rings. The molecule has 0 amide bonds. The van der Waals surface area contributed by atoms with Crippen LogP contribution in [-0.4, -0.2) is 40.4 Å². The lowest BCUT2D eigenvalue weighted by Gasteiger charge is -2.18. The first kappa shape index (κ1) is 23.0. The van der Waals surface area contributed by atoms with Crippen LogP contribution in [0.1, 0.15) is 61.3 Å². The van der Waals surface area contributed by atoms with Gasteiger partial charge in [-0.2, -0.15) is 0 Å². The van der Waals surface area contributed by atoms with Crippen LogP contribution in [0, 0.1) is 0 Å². The lowest BCUT2D eigenvalue weighted by Crippen LogP contribution is -2.38. The first-order valence-corrected chi connectivity index (χ1v) is 12.4. The second-order valence-electron chi connectivity index (χ2n) is 8.59. The van der Waals surface area contributed by atoms with Crippen molar-refractivity contribution in [2.75, 3.05) is 19.6 Å². The first-order valence-electron chi connectivity index (χ1n) is 12.4. The van der Waals surface area contributed by atoms with E-state index in [4.69, 9.17) is 4.99 Å². The number of nitrogens with zero attached hydrogens (tertiary/aromatic N) is 4. The minimum absolute atomic E-state index is 0.338. The number of guanidine groups is 1. The molecule has 0 atom stereocenters. The van der Waals surface area contributed by atoms with Crippen LogP contribution in [0.3, 0.4) is 0 Å². The van der Waals surface area contributed by atoms with Gasteiger partial charge in [0.25, 0.3) is 0 Å². The van der Waals surface area contributed by atoms with E-state index in [0.29, 0.717) is 5.92 Å². The molecule has 0 bridgehead atoms. The van der Waals surface area contributed by atoms with Crippen molar-refractivity contribution in [2.45, 2.75) is 57.9 Å². The molecule has 6 heteroatoms. The monoisotopic (exact) mass is 444 g/mol. The Morgan fingerprint density at radius 1 is 0.939 bits per heavy atom. The Morgan fingerprint density at radius 2 is 1.67 bits per heavy atom. The average Bonchev–Trinajstić information content (AvgIpc) is 3.08. The van der Waals surface area contributed by atoms with E-state index in [2.05, 4.69) is 93.0 Å². The molecule has 6 nitrogen and oxygen atoms in total. The molecule has 0 saturated carbocycles. The molecule has 4 rings (SSSR count). The third kappa shape index (κ3) is 6.44. The number of fused-ring (bicyclic) bond motifs is 1. The molecule has 1 aliphatic heterocycles. The van der Waals surface area contributed by atoms with Crippen molar-refractivity contribution in [1.29, 1.82) is 0 Å². The quantitative estimate of drug-likeness (QED) is 0.381. The Morgan fingerprint density at radius 3 is 2.36 bits per heavy atom. The maximum atomic E-state index is 4.88. The summed E-state index contributed by atoms with van der Waals surface area (Å²) in [5.41, 5.74) is 2.67. The lowest BCUT2D eigenvalue weighted by molar-refractivity contribution is 0.600. The Balaban J connectivity index is 1.36. The van der Waals surface area contributed by atoms with Gasteiger partial charge in [0.15, 0.2) is 5.96 Å². The molecule has 0 saturated heterocycles. The molecule has 0 unspecified atom stereocenters. The lowest BCUT2D eigenvalue weighted by atomic mass is 9.89. The van der Waals surface area contributed by atoms with Gasteiger partial charge in [0.2, 0.25) is 0 Å². The van der Waals surface area contributed by atoms with Crippen LogP contribution in [0.15, 0.2) is 65.7 Å². The molecule has 3 aromatic rings. The van der Waals surface area contributed by atoms with Gasteiger partial charge in [-0.25, -0.2) is 0 Å². The van der Waals surface area contributed by atoms with Crippen LogP contribution >= 0.6 is 0 Å². The second-order valence-corrected chi connectivity index (χ2v) is 8.59. The summed E-state index contributed by atoms with van der Waals surface area (Å²) in [6.07, 6.45) is 6.59. The highest BCUT2D eigenvalue weighted by Gasteiger charge is 2.15. The van der Waals surface area contributed by atoms with Gasteiger partial charge in [-0.15, -0.1) is 10.2 Å². The number of aliphatic imine (C=N–C) groups is 1. The van der Waals surface area contributed by atoms with Gasteiger partial charge >= 0.3 is 0 Å². The molecular formula is C27H36N6. The van der Waals surface area contributed by atoms with E-state index in [0.717, 1.165) is 63.0 Å². The number of rotatable bonds is 9. The van der Waals surface area contributed by atoms with Gasteiger partial charge in [-0.05, 0) is 37.3 Å². The SMILES string of the molecule is CCNC(=NCCC(c1ccccc1)c1ccccc1)NCCc1nnc2n1CCCCC2. The van der Waals surface area contributed by atoms with Crippen LogP contribution in [0.25, 0.3) is 0 Å². The number of hydrogen-bond acceptors (Lipinski definition) is 3. The Labute approximate surface area is 197 Å². The number of aromatic nitrogens is 3. The zero-order valence-electron chi connectivity index (χ0n) is 19.7. The smallest absolute Gasteiger partial charge is 0.191 e. The summed E-state index contributed by atoms with van der Waals surface area (Å²) < 4.78 is 2.32. The van der Waals surface area contributed by atoms with Crippen molar-refractivity contribution < 1.29 is 0 Å². The maximum absolute atomic E-state index is 4.88. The van der Waals surface area contributed by atoms with Gasteiger partial charge in [0, 0.05) is 44.9 Å². The Bertz CT molecular complexity index is 956. The third-order valence-electron chi connectivity index (χ3n) is 6.26. The fourth-order valence-electron chi connectivity index (χ4n) is 4.57. The molecule has 1 aromatic heterocycles. The number of benzene rings is 2. The fourth-order valence-corrected chi connectivity index (χ4v) is 4.57. The van der Waals surface area contributed by atoms with E-state index in [1.54, 1.807) is 0 Å². The molecule has 174 valence electrons. The minimum atomic E-state index is 0.338. The average molecular weight is 445 g/mol. The van der Waals surface area contributed by atoms with E-state index in [1.165, 1.54) is 30.4 Å². The number of hydrogen-bond donors (Lipinski definition) is 2. The van der Waals surface area contributed by atoms with Crippen LogP contribution in [0.4, 0.5) is 0 Å². The molecule has 1 aliphatic rings. The second kappa shape index (κ2) is 12.2. The summed E-state index contributed by atoms with van der Waals surface area (Å²) in [6.45, 7) is 5.54. The highest BCUT2D eigenvalue weighted by Crippen LogP contribution is 2.27. The van der Waals surface area contributed by atoms with Crippen LogP contribution in [-0.2, 0) is 19.4 Å². The van der Waals surface area contributed by atoms with Crippen molar-refractivity contribution in [3.05, 3.63) is 83.4 Å². The predicted molar refractivity (Wildman–Crippen MR) is 135 cm³/mol. The highest BCUT2D eigenvalue weighted by molar-refractivity contribution is 5.79. The Hall–Kier alpha value is -3.15. The van der Waals surface area contributed by atoms with Gasteiger partial charge < -0.3 is 15.2 Å². The summed E-state index contributed by atoms with van der Waals surface area (Å²) in [5, 5.41) is 15.7. The van der Waals surface area contributed by atoms with E-state index < -0.39 is 0 Å². The number of aryl methyl sites for hydroxylation is 1. The topological polar surface area (TPSA) is 67.1 Å². The van der Waals surface area contributed by atoms with E-state index >= 15 is 0 Å². The molecular weight excluding hydrogens is 408 g/mol. The van der Waals surface area contributed by atoms with E-state index in [-0.39, 0.29) is 0 Å². The fraction of sp³-hybridized carbons (Fsp3) is 0.444. The maximum Gasteiger partial charge on any atom is 0.191 e. The van der Waals surface area contributed by atoms with Gasteiger partial charge in [0.05, 0.1) is 0 Å². The minimum Gasteiger partial charge on any atom is -0.357 e. The van der Waals surface area contributed by atoms with E-state index in [9.17, 15) is 0 Å². The summed E-state index contributed by atoms with van der Waals surface area (Å²) in [6, 6.07) is 21.5. The number of nitrogens with one attached hydrogen (secondary N) is 2. The summed E-state index contributed by atoms with van der Waals surface area (Å²) >= 11 is 0. The van der Waals surface area contributed by atoms with Crippen molar-refractivity contribution in [2.24, 2.45) is 4.99 Å². The van der Waals surface area contributed by atoms with Crippen molar-refractivity contribution in [3.8, 4) is 0 Å². The van der Waals surface area contributed by atoms with E-state index in [1.807, 2.05) is 0 Å². The van der Waals surface area contributed by atoms with Crippen molar-refractivity contribution >= 4 is 5.96 Å². The normalized spacial score (nSPS) is 14.1. The van der Waals surface area contributed by atoms with Crippen molar-refractivity contribution in [1.82, 2.24) is 25.4 Å². The van der Waals surface area contributed by atoms with Gasteiger partial charge in [-0.3, -0.25) is 4.99 Å². The van der Waals surface area contributed by atoms with Crippen LogP contribution in [0.2, 0.25) is 0 Å². The molecule has 0 spiro atoms. The molecule has 0 aliphatic carbocycles. The zero-order chi connectivity index (χ0) is 22.7. The molecule has 2 heterocycles. The molecule has 0 radical (unpaired) electrons. The molecule has 33 heavy (non-hydrogen) atoms.